The van der Waals surface area contributed by atoms with Crippen molar-refractivity contribution in [3.8, 4) is 0 Å². The second kappa shape index (κ2) is 5.44. The molecule has 1 aliphatic rings. The van der Waals surface area contributed by atoms with Crippen molar-refractivity contribution in [3.63, 3.8) is 0 Å². The Kier molecular flexibility index (Phi) is 4.61. The zero-order chi connectivity index (χ0) is 14.0. The predicted octanol–water partition coefficient (Wildman–Crippen LogP) is 1.11. The Balaban J connectivity index is 2.38. The van der Waals surface area contributed by atoms with Crippen molar-refractivity contribution in [2.45, 2.75) is 63.3 Å². The molecule has 1 amide bonds. The molecule has 0 aromatic heterocycles. The van der Waals surface area contributed by atoms with Crippen molar-refractivity contribution in [3.05, 3.63) is 0 Å². The predicted molar refractivity (Wildman–Crippen MR) is 68.5 cm³/mol. The van der Waals surface area contributed by atoms with Gasteiger partial charge in [-0.3, -0.25) is 0 Å². The second-order valence-electron chi connectivity index (χ2n) is 5.71. The van der Waals surface area contributed by atoms with Crippen molar-refractivity contribution in [1.29, 1.82) is 0 Å². The third kappa shape index (κ3) is 5.22. The van der Waals surface area contributed by atoms with Gasteiger partial charge in [0.25, 0.3) is 0 Å². The van der Waals surface area contributed by atoms with Crippen LogP contribution in [-0.4, -0.2) is 31.4 Å². The van der Waals surface area contributed by atoms with E-state index < -0.39 is 27.0 Å². The Morgan fingerprint density at radius 2 is 1.72 bits per heavy atom. The minimum Gasteiger partial charge on any atom is -0.444 e. The topological polar surface area (TPSA) is 98.5 Å². The van der Waals surface area contributed by atoms with Gasteiger partial charge in [0.1, 0.15) is 5.60 Å². The number of rotatable bonds is 2. The standard InChI is InChI=1S/C11H22N2O4S/c1-11(2,3)17-10(14)13-8-4-6-9(7-5-8)18(12,15)16/h8-9H,4-7H2,1-3H3,(H,13,14)(H2,12,15,16). The van der Waals surface area contributed by atoms with Crippen molar-refractivity contribution in [2.24, 2.45) is 5.14 Å². The van der Waals surface area contributed by atoms with E-state index in [2.05, 4.69) is 5.32 Å². The first-order valence-electron chi connectivity index (χ1n) is 6.09. The van der Waals surface area contributed by atoms with E-state index in [-0.39, 0.29) is 6.04 Å². The molecule has 0 aliphatic heterocycles. The molecule has 1 aliphatic carbocycles. The monoisotopic (exact) mass is 278 g/mol. The van der Waals surface area contributed by atoms with E-state index in [0.717, 1.165) is 0 Å². The summed E-state index contributed by atoms with van der Waals surface area (Å²) in [5.74, 6) is 0. The van der Waals surface area contributed by atoms with Crippen molar-refractivity contribution in [2.75, 3.05) is 0 Å². The molecule has 1 rings (SSSR count). The molecule has 0 bridgehead atoms. The third-order valence-electron chi connectivity index (χ3n) is 2.86. The summed E-state index contributed by atoms with van der Waals surface area (Å²) in [7, 11) is -3.45. The smallest absolute Gasteiger partial charge is 0.407 e. The van der Waals surface area contributed by atoms with Crippen LogP contribution in [0.1, 0.15) is 46.5 Å². The summed E-state index contributed by atoms with van der Waals surface area (Å²) in [6.07, 6.45) is 1.74. The normalized spacial score (nSPS) is 25.6. The van der Waals surface area contributed by atoms with E-state index in [4.69, 9.17) is 9.88 Å². The van der Waals surface area contributed by atoms with Crippen LogP contribution >= 0.6 is 0 Å². The van der Waals surface area contributed by atoms with Gasteiger partial charge in [-0.15, -0.1) is 0 Å². The van der Waals surface area contributed by atoms with Crippen LogP contribution in [0.5, 0.6) is 0 Å². The van der Waals surface area contributed by atoms with Crippen molar-refractivity contribution < 1.29 is 17.9 Å². The summed E-state index contributed by atoms with van der Waals surface area (Å²) in [6, 6.07) is -0.0298. The number of primary sulfonamides is 1. The lowest BCUT2D eigenvalue weighted by Crippen LogP contribution is -2.43. The number of ether oxygens (including phenoxy) is 1. The van der Waals surface area contributed by atoms with Crippen LogP contribution in [0.15, 0.2) is 0 Å². The number of nitrogens with one attached hydrogen (secondary N) is 1. The van der Waals surface area contributed by atoms with Gasteiger partial charge >= 0.3 is 6.09 Å². The van der Waals surface area contributed by atoms with Gasteiger partial charge in [0, 0.05) is 6.04 Å². The maximum Gasteiger partial charge on any atom is 0.407 e. The van der Waals surface area contributed by atoms with Gasteiger partial charge in [0.15, 0.2) is 0 Å². The maximum absolute atomic E-state index is 11.5. The molecule has 0 unspecified atom stereocenters. The fourth-order valence-electron chi connectivity index (χ4n) is 2.01. The molecule has 106 valence electrons. The Hall–Kier alpha value is -0.820. The van der Waals surface area contributed by atoms with E-state index in [9.17, 15) is 13.2 Å². The number of carbonyl (C=O) groups is 1. The zero-order valence-corrected chi connectivity index (χ0v) is 11.9. The number of amides is 1. The Bertz CT molecular complexity index is 392. The van der Waals surface area contributed by atoms with Gasteiger partial charge in [-0.1, -0.05) is 0 Å². The lowest BCUT2D eigenvalue weighted by Gasteiger charge is -2.28. The first-order chi connectivity index (χ1) is 8.08. The number of carbonyl (C=O) groups excluding carboxylic acids is 1. The lowest BCUT2D eigenvalue weighted by atomic mass is 9.95. The van der Waals surface area contributed by atoms with E-state index in [1.165, 1.54) is 0 Å². The summed E-state index contributed by atoms with van der Waals surface area (Å²) < 4.78 is 27.5. The third-order valence-corrected chi connectivity index (χ3v) is 4.26. The minimum atomic E-state index is -3.45. The summed E-state index contributed by atoms with van der Waals surface area (Å²) in [6.45, 7) is 5.39. The van der Waals surface area contributed by atoms with Crippen LogP contribution in [-0.2, 0) is 14.8 Å². The quantitative estimate of drug-likeness (QED) is 0.790. The molecule has 0 radical (unpaired) electrons. The van der Waals surface area contributed by atoms with Gasteiger partial charge in [-0.25, -0.2) is 18.4 Å². The van der Waals surface area contributed by atoms with Crippen LogP contribution in [0.25, 0.3) is 0 Å². The summed E-state index contributed by atoms with van der Waals surface area (Å²) >= 11 is 0. The number of hydrogen-bond donors (Lipinski definition) is 2. The van der Waals surface area contributed by atoms with Crippen LogP contribution in [0.4, 0.5) is 4.79 Å². The average molecular weight is 278 g/mol. The van der Waals surface area contributed by atoms with Crippen LogP contribution in [0.3, 0.4) is 0 Å². The molecule has 0 saturated heterocycles. The highest BCUT2D eigenvalue weighted by molar-refractivity contribution is 7.89. The Labute approximate surface area is 108 Å². The van der Waals surface area contributed by atoms with E-state index in [1.54, 1.807) is 20.8 Å². The molecular formula is C11H22N2O4S. The SMILES string of the molecule is CC(C)(C)OC(=O)NC1CCC(S(N)(=O)=O)CC1. The molecule has 1 saturated carbocycles. The van der Waals surface area contributed by atoms with Crippen LogP contribution in [0.2, 0.25) is 0 Å². The fraction of sp³-hybridized carbons (Fsp3) is 0.909. The Morgan fingerprint density at radius 3 is 2.11 bits per heavy atom. The van der Waals surface area contributed by atoms with Gasteiger partial charge in [0.2, 0.25) is 10.0 Å². The Morgan fingerprint density at radius 1 is 1.22 bits per heavy atom. The molecule has 6 nitrogen and oxygen atoms in total. The summed E-state index contributed by atoms with van der Waals surface area (Å²) in [4.78, 5) is 11.5. The minimum absolute atomic E-state index is 0.0298. The number of hydrogen-bond acceptors (Lipinski definition) is 4. The zero-order valence-electron chi connectivity index (χ0n) is 11.1. The molecule has 0 atom stereocenters. The van der Waals surface area contributed by atoms with Gasteiger partial charge in [-0.05, 0) is 46.5 Å². The molecule has 0 aromatic carbocycles. The number of alkyl carbamates (subject to hydrolysis) is 1. The van der Waals surface area contributed by atoms with Gasteiger partial charge < -0.3 is 10.1 Å². The first-order valence-corrected chi connectivity index (χ1v) is 7.70. The highest BCUT2D eigenvalue weighted by atomic mass is 32.2. The summed E-state index contributed by atoms with van der Waals surface area (Å²) in [5.41, 5.74) is -0.526. The van der Waals surface area contributed by atoms with Crippen LogP contribution < -0.4 is 10.5 Å². The first kappa shape index (κ1) is 15.2. The number of sulfonamides is 1. The van der Waals surface area contributed by atoms with Gasteiger partial charge in [0.05, 0.1) is 5.25 Å². The molecular weight excluding hydrogens is 256 g/mol. The molecule has 3 N–H and O–H groups in total. The molecule has 0 spiro atoms. The van der Waals surface area contributed by atoms with Gasteiger partial charge in [-0.2, -0.15) is 0 Å². The molecule has 1 fully saturated rings. The van der Waals surface area contributed by atoms with E-state index in [1.807, 2.05) is 0 Å². The highest BCUT2D eigenvalue weighted by Gasteiger charge is 2.29. The van der Waals surface area contributed by atoms with E-state index >= 15 is 0 Å². The van der Waals surface area contributed by atoms with Crippen molar-refractivity contribution >= 4 is 16.1 Å². The van der Waals surface area contributed by atoms with E-state index in [0.29, 0.717) is 25.7 Å². The lowest BCUT2D eigenvalue weighted by molar-refractivity contribution is 0.0493. The van der Waals surface area contributed by atoms with Crippen molar-refractivity contribution in [1.82, 2.24) is 5.32 Å². The largest absolute Gasteiger partial charge is 0.444 e. The molecule has 18 heavy (non-hydrogen) atoms. The summed E-state index contributed by atoms with van der Waals surface area (Å²) in [5, 5.41) is 7.37. The maximum atomic E-state index is 11.5. The average Bonchev–Trinajstić information content (AvgIpc) is 2.13. The molecule has 0 heterocycles. The highest BCUT2D eigenvalue weighted by Crippen LogP contribution is 2.23. The second-order valence-corrected chi connectivity index (χ2v) is 7.55. The number of nitrogens with two attached hydrogens (primary N) is 1. The molecule has 0 aromatic rings. The van der Waals surface area contributed by atoms with Crippen LogP contribution in [0, 0.1) is 0 Å². The fourth-order valence-corrected chi connectivity index (χ4v) is 2.94. The molecule has 7 heteroatoms.